The number of fused-ring (bicyclic) bond motifs is 15. The van der Waals surface area contributed by atoms with E-state index in [0.717, 1.165) is 12.3 Å². The molecular weight excluding hydrogens is 666 g/mol. The van der Waals surface area contributed by atoms with Gasteiger partial charge in [-0.2, -0.15) is 0 Å². The molecule has 3 heterocycles. The fraction of sp³-hybridized carbons (Fsp3) is 0.541. The van der Waals surface area contributed by atoms with Crippen molar-refractivity contribution >= 4 is 29.2 Å². The molecule has 0 spiro atoms. The molecule has 5 N–H and O–H groups in total. The molecule has 5 bridgehead atoms. The van der Waals surface area contributed by atoms with Gasteiger partial charge in [0.2, 0.25) is 11.7 Å². The summed E-state index contributed by atoms with van der Waals surface area (Å²) in [5.74, 6) is -10.8. The number of benzene rings is 1. The number of aliphatic hydroxyl groups is 3. The zero-order valence-electron chi connectivity index (χ0n) is 30.1. The predicted octanol–water partition coefficient (Wildman–Crippen LogP) is 2.68. The first-order valence-corrected chi connectivity index (χ1v) is 16.8. The zero-order valence-corrected chi connectivity index (χ0v) is 30.1. The molecule has 14 nitrogen and oxygen atoms in total. The Balaban J connectivity index is 1.82. The number of Topliss-reactive ketones (excluding diaryl/α,β-unsaturated/α-hetero) is 2. The van der Waals surface area contributed by atoms with Crippen LogP contribution in [-0.4, -0.2) is 93.1 Å². The summed E-state index contributed by atoms with van der Waals surface area (Å²) >= 11 is 0. The number of rotatable bonds is 2. The molecule has 0 fully saturated rings. The van der Waals surface area contributed by atoms with Gasteiger partial charge in [-0.1, -0.05) is 46.8 Å². The third-order valence-electron chi connectivity index (χ3n) is 10.2. The van der Waals surface area contributed by atoms with E-state index in [1.807, 2.05) is 0 Å². The Bertz CT molecular complexity index is 1690. The minimum Gasteiger partial charge on any atom is -0.507 e. The van der Waals surface area contributed by atoms with Crippen LogP contribution in [0.1, 0.15) is 85.1 Å². The summed E-state index contributed by atoms with van der Waals surface area (Å²) in [6.45, 7) is 12.0. The van der Waals surface area contributed by atoms with E-state index >= 15 is 0 Å². The monoisotopic (exact) mass is 713 g/mol. The van der Waals surface area contributed by atoms with Crippen LogP contribution in [0.3, 0.4) is 0 Å². The van der Waals surface area contributed by atoms with Crippen molar-refractivity contribution in [2.24, 2.45) is 29.6 Å². The number of methoxy groups -OCH3 is 1. The maximum Gasteiger partial charge on any atom is 0.312 e. The Labute approximate surface area is 296 Å². The van der Waals surface area contributed by atoms with Gasteiger partial charge in [0.25, 0.3) is 5.78 Å². The molecule has 1 aromatic rings. The quantitative estimate of drug-likeness (QED) is 0.220. The van der Waals surface area contributed by atoms with Gasteiger partial charge in [0.1, 0.15) is 17.6 Å². The highest BCUT2D eigenvalue weighted by Gasteiger charge is 2.51. The topological polar surface area (TPSA) is 215 Å². The number of nitrogens with one attached hydrogen (secondary N) is 1. The molecule has 0 radical (unpaired) electrons. The van der Waals surface area contributed by atoms with Crippen LogP contribution in [0.25, 0.3) is 0 Å². The number of amides is 1. The standard InChI is InChI=1S/C37H47NO13/c1-15-10-11-23(40)16(2)36(47)38-22-14-24(41)26-27(32(22)45)31(44)20(6)34-28(26)35(46)37(8,51-34)49-13-12-25(48-9)17(3)33(50-21(7)39)19(5)30(43)18(4)29(15)42/h10-19,23,25,29-30,33,40,42-44H,1-9H3,(H,38,47)/b11-10-,13-12?/t15-,16?,17+,18+,19+,23?,25-,29-,30+,33+,37-/m0/s1. The normalized spacial score (nSPS) is 35.4. The van der Waals surface area contributed by atoms with Gasteiger partial charge in [-0.3, -0.25) is 24.0 Å². The van der Waals surface area contributed by atoms with E-state index in [2.05, 4.69) is 5.32 Å². The first-order valence-electron chi connectivity index (χ1n) is 16.8. The molecule has 4 aliphatic rings. The van der Waals surface area contributed by atoms with Crippen LogP contribution in [0.4, 0.5) is 0 Å². The van der Waals surface area contributed by atoms with Crippen molar-refractivity contribution in [1.29, 1.82) is 0 Å². The maximum absolute atomic E-state index is 13.9. The molecule has 0 aromatic heterocycles. The van der Waals surface area contributed by atoms with E-state index in [0.29, 0.717) is 0 Å². The highest BCUT2D eigenvalue weighted by atomic mass is 16.7. The lowest BCUT2D eigenvalue weighted by atomic mass is 9.78. The highest BCUT2D eigenvalue weighted by Crippen LogP contribution is 2.48. The van der Waals surface area contributed by atoms with Crippen LogP contribution in [-0.2, 0) is 23.8 Å². The number of carbonyl (C=O) groups excluding carboxylic acids is 5. The predicted molar refractivity (Wildman–Crippen MR) is 181 cm³/mol. The Kier molecular flexibility index (Phi) is 11.7. The van der Waals surface area contributed by atoms with Crippen LogP contribution in [0.15, 0.2) is 36.3 Å². The number of hydrogen-bond acceptors (Lipinski definition) is 13. The van der Waals surface area contributed by atoms with E-state index < -0.39 is 118 Å². The summed E-state index contributed by atoms with van der Waals surface area (Å²) in [6, 6.07) is 0. The lowest BCUT2D eigenvalue weighted by Crippen LogP contribution is -2.46. The highest BCUT2D eigenvalue weighted by molar-refractivity contribution is 6.30. The number of ketones is 3. The Morgan fingerprint density at radius 3 is 2.16 bits per heavy atom. The summed E-state index contributed by atoms with van der Waals surface area (Å²) in [5, 5.41) is 46.9. The Morgan fingerprint density at radius 2 is 1.55 bits per heavy atom. The minimum atomic E-state index is -2.05. The average Bonchev–Trinajstić information content (AvgIpc) is 3.35. The van der Waals surface area contributed by atoms with Crippen molar-refractivity contribution in [2.45, 2.75) is 91.7 Å². The van der Waals surface area contributed by atoms with Crippen LogP contribution in [0.5, 0.6) is 11.5 Å². The lowest BCUT2D eigenvalue weighted by molar-refractivity contribution is -0.160. The van der Waals surface area contributed by atoms with Crippen LogP contribution < -0.4 is 10.1 Å². The van der Waals surface area contributed by atoms with Gasteiger partial charge < -0.3 is 44.7 Å². The van der Waals surface area contributed by atoms with E-state index in [1.165, 1.54) is 53.0 Å². The molecule has 278 valence electrons. The lowest BCUT2D eigenvalue weighted by Gasteiger charge is -2.38. The number of ether oxygens (including phenoxy) is 4. The Hall–Kier alpha value is -4.37. The van der Waals surface area contributed by atoms with Crippen LogP contribution >= 0.6 is 0 Å². The van der Waals surface area contributed by atoms with Gasteiger partial charge in [0.15, 0.2) is 5.78 Å². The van der Waals surface area contributed by atoms with Gasteiger partial charge in [-0.05, 0) is 13.0 Å². The third-order valence-corrected chi connectivity index (χ3v) is 10.2. The number of hydrogen-bond donors (Lipinski definition) is 5. The number of esters is 1. The van der Waals surface area contributed by atoms with Crippen molar-refractivity contribution < 1.29 is 63.3 Å². The van der Waals surface area contributed by atoms with Gasteiger partial charge in [0.05, 0.1) is 59.0 Å². The summed E-state index contributed by atoms with van der Waals surface area (Å²) in [5.41, 5.74) is -1.67. The molecular formula is C37H47NO13. The number of allylic oxidation sites excluding steroid dienone is 2. The molecule has 2 unspecified atom stereocenters. The second-order valence-electron chi connectivity index (χ2n) is 13.8. The van der Waals surface area contributed by atoms with E-state index in [4.69, 9.17) is 18.9 Å². The van der Waals surface area contributed by atoms with E-state index in [9.17, 15) is 44.4 Å². The summed E-state index contributed by atoms with van der Waals surface area (Å²) in [6.07, 6.45) is 0.781. The molecule has 11 atom stereocenters. The van der Waals surface area contributed by atoms with Crippen molar-refractivity contribution in [2.75, 3.05) is 7.11 Å². The molecule has 14 heteroatoms. The van der Waals surface area contributed by atoms with E-state index in [-0.39, 0.29) is 16.9 Å². The summed E-state index contributed by atoms with van der Waals surface area (Å²) in [7, 11) is 1.40. The fourth-order valence-corrected chi connectivity index (χ4v) is 6.81. The zero-order chi connectivity index (χ0) is 38.3. The summed E-state index contributed by atoms with van der Waals surface area (Å²) < 4.78 is 23.0. The summed E-state index contributed by atoms with van der Waals surface area (Å²) in [4.78, 5) is 66.4. The molecule has 1 aromatic carbocycles. The van der Waals surface area contributed by atoms with Crippen molar-refractivity contribution in [3.8, 4) is 11.5 Å². The molecule has 0 saturated carbocycles. The minimum absolute atomic E-state index is 0.0210. The second-order valence-corrected chi connectivity index (χ2v) is 13.8. The molecule has 0 saturated heterocycles. The molecule has 5 rings (SSSR count). The maximum atomic E-state index is 13.9. The van der Waals surface area contributed by atoms with E-state index in [1.54, 1.807) is 27.7 Å². The SMILES string of the molecule is CO[C@H]1C=CO[C@@]2(C)Oc3c(C)c(O)c4c(c3C2=O)C(=O)C=C(NC(=O)C(C)C(O)/C=C\[C@H](C)[C@H](O)[C@@H](C)[C@@H](O)[C@@H](C)[C@H](OC(C)=O)[C@@H]1C)C4=O. The molecule has 3 aliphatic heterocycles. The number of phenolic OH excluding ortho intramolecular Hbond substituents is 1. The number of carbonyl (C=O) groups is 5. The number of aromatic hydroxyl groups is 1. The fourth-order valence-electron chi connectivity index (χ4n) is 6.81. The van der Waals surface area contributed by atoms with Gasteiger partial charge in [0, 0.05) is 56.3 Å². The van der Waals surface area contributed by atoms with Crippen molar-refractivity contribution in [1.82, 2.24) is 5.32 Å². The van der Waals surface area contributed by atoms with Crippen molar-refractivity contribution in [3.05, 3.63) is 58.5 Å². The van der Waals surface area contributed by atoms with Gasteiger partial charge in [-0.15, -0.1) is 0 Å². The van der Waals surface area contributed by atoms with Crippen LogP contribution in [0.2, 0.25) is 0 Å². The number of aliphatic hydroxyl groups excluding tert-OH is 3. The second kappa shape index (κ2) is 15.1. The smallest absolute Gasteiger partial charge is 0.312 e. The van der Waals surface area contributed by atoms with Crippen molar-refractivity contribution in [3.63, 3.8) is 0 Å². The average molecular weight is 714 g/mol. The molecule has 1 amide bonds. The van der Waals surface area contributed by atoms with Gasteiger partial charge >= 0.3 is 11.8 Å². The third kappa shape index (κ3) is 7.36. The Morgan fingerprint density at radius 1 is 0.902 bits per heavy atom. The van der Waals surface area contributed by atoms with Gasteiger partial charge in [-0.25, -0.2) is 0 Å². The molecule has 51 heavy (non-hydrogen) atoms. The molecule has 1 aliphatic carbocycles. The van der Waals surface area contributed by atoms with Crippen LogP contribution in [0, 0.1) is 36.5 Å². The largest absolute Gasteiger partial charge is 0.507 e. The first-order chi connectivity index (χ1) is 23.8. The first kappa shape index (κ1) is 39.4. The number of phenols is 1.